The average molecular weight is 420 g/mol. The van der Waals surface area contributed by atoms with Crippen molar-refractivity contribution >= 4 is 11.9 Å². The lowest BCUT2D eigenvalue weighted by Crippen LogP contribution is -2.52. The molecule has 31 heavy (non-hydrogen) atoms. The third-order valence-corrected chi connectivity index (χ3v) is 6.49. The quantitative estimate of drug-likeness (QED) is 0.540. The molecule has 1 saturated heterocycles. The number of aromatic nitrogens is 1. The van der Waals surface area contributed by atoms with E-state index in [9.17, 15) is 9.59 Å². The van der Waals surface area contributed by atoms with Gasteiger partial charge in [0.25, 0.3) is 0 Å². The second kappa shape index (κ2) is 6.81. The lowest BCUT2D eigenvalue weighted by atomic mass is 9.73. The van der Waals surface area contributed by atoms with Crippen molar-refractivity contribution < 1.29 is 28.5 Å². The van der Waals surface area contributed by atoms with Crippen LogP contribution in [-0.2, 0) is 9.47 Å². The molecular formula is C23H20N2O6. The van der Waals surface area contributed by atoms with Gasteiger partial charge < -0.3 is 18.9 Å². The molecule has 6 rings (SSSR count). The lowest BCUT2D eigenvalue weighted by molar-refractivity contribution is -0.0460. The Morgan fingerprint density at radius 3 is 2.87 bits per heavy atom. The summed E-state index contributed by atoms with van der Waals surface area (Å²) in [5, 5.41) is 0. The van der Waals surface area contributed by atoms with Crippen LogP contribution in [-0.4, -0.2) is 60.5 Å². The van der Waals surface area contributed by atoms with E-state index in [-0.39, 0.29) is 24.4 Å². The maximum Gasteiger partial charge on any atom is 0.357 e. The van der Waals surface area contributed by atoms with Gasteiger partial charge in [0, 0.05) is 24.7 Å². The van der Waals surface area contributed by atoms with Gasteiger partial charge in [0.05, 0.1) is 5.56 Å². The van der Waals surface area contributed by atoms with E-state index < -0.39 is 24.1 Å². The number of carbonyl (C=O) groups is 2. The van der Waals surface area contributed by atoms with Gasteiger partial charge in [0.1, 0.15) is 5.69 Å². The number of hydrogen-bond donors (Lipinski definition) is 0. The number of likely N-dealkylation sites (tertiary alicyclic amines) is 1. The summed E-state index contributed by atoms with van der Waals surface area (Å²) in [6.45, 7) is 1.01. The van der Waals surface area contributed by atoms with Crippen LogP contribution in [0.15, 0.2) is 48.2 Å². The van der Waals surface area contributed by atoms with Crippen molar-refractivity contribution in [1.29, 1.82) is 0 Å². The zero-order valence-electron chi connectivity index (χ0n) is 16.8. The normalized spacial score (nSPS) is 28.2. The fourth-order valence-electron chi connectivity index (χ4n) is 5.11. The Morgan fingerprint density at radius 2 is 2.06 bits per heavy atom. The molecule has 4 aliphatic rings. The average Bonchev–Trinajstić information content (AvgIpc) is 3.39. The van der Waals surface area contributed by atoms with Crippen molar-refractivity contribution in [3.8, 4) is 11.5 Å². The highest BCUT2D eigenvalue weighted by Crippen LogP contribution is 2.49. The SMILES string of the molecule is CN1CCC2=C[C@H](OC(=O)c3ccccn3)[C@H]3OC(=O)c4cc5c(cc4[C@H]3[C@@H]21)OCO5. The molecule has 1 aromatic heterocycles. The van der Waals surface area contributed by atoms with Gasteiger partial charge in [0.2, 0.25) is 6.79 Å². The Balaban J connectivity index is 1.42. The Morgan fingerprint density at radius 1 is 1.23 bits per heavy atom. The number of likely N-dealkylation sites (N-methyl/N-ethyl adjacent to an activating group) is 1. The first kappa shape index (κ1) is 18.4. The van der Waals surface area contributed by atoms with Crippen LogP contribution in [0.25, 0.3) is 0 Å². The second-order valence-corrected chi connectivity index (χ2v) is 8.19. The highest BCUT2D eigenvalue weighted by molar-refractivity contribution is 5.94. The van der Waals surface area contributed by atoms with Crippen LogP contribution in [0.1, 0.15) is 38.7 Å². The van der Waals surface area contributed by atoms with Gasteiger partial charge >= 0.3 is 11.9 Å². The third-order valence-electron chi connectivity index (χ3n) is 6.49. The monoisotopic (exact) mass is 420 g/mol. The van der Waals surface area contributed by atoms with E-state index in [1.807, 2.05) is 12.1 Å². The van der Waals surface area contributed by atoms with Gasteiger partial charge in [-0.25, -0.2) is 14.6 Å². The van der Waals surface area contributed by atoms with Crippen molar-refractivity contribution in [2.75, 3.05) is 20.4 Å². The molecule has 1 aromatic carbocycles. The van der Waals surface area contributed by atoms with E-state index in [1.54, 1.807) is 30.5 Å². The number of ether oxygens (including phenoxy) is 4. The van der Waals surface area contributed by atoms with Crippen LogP contribution in [0.2, 0.25) is 0 Å². The summed E-state index contributed by atoms with van der Waals surface area (Å²) in [7, 11) is 2.06. The Hall–Kier alpha value is -3.39. The number of esters is 2. The van der Waals surface area contributed by atoms with Crippen LogP contribution >= 0.6 is 0 Å². The largest absolute Gasteiger partial charge is 0.454 e. The molecule has 8 nitrogen and oxygen atoms in total. The molecule has 2 aromatic rings. The van der Waals surface area contributed by atoms with E-state index in [2.05, 4.69) is 16.9 Å². The summed E-state index contributed by atoms with van der Waals surface area (Å²) < 4.78 is 22.7. The van der Waals surface area contributed by atoms with Crippen molar-refractivity contribution in [1.82, 2.24) is 9.88 Å². The molecule has 158 valence electrons. The first-order valence-electron chi connectivity index (χ1n) is 10.3. The molecule has 0 unspecified atom stereocenters. The number of carbonyl (C=O) groups excluding carboxylic acids is 2. The summed E-state index contributed by atoms with van der Waals surface area (Å²) in [5.74, 6) is -0.0229. The summed E-state index contributed by atoms with van der Waals surface area (Å²) in [5.41, 5.74) is 2.72. The molecule has 3 aliphatic heterocycles. The molecule has 0 bridgehead atoms. The molecule has 0 amide bonds. The summed E-state index contributed by atoms with van der Waals surface area (Å²) in [6.07, 6.45) is 3.03. The summed E-state index contributed by atoms with van der Waals surface area (Å²) >= 11 is 0. The van der Waals surface area contributed by atoms with E-state index in [1.165, 1.54) is 5.57 Å². The zero-order chi connectivity index (χ0) is 21.1. The number of nitrogens with zero attached hydrogens (tertiary/aromatic N) is 2. The number of pyridine rings is 1. The Bertz CT molecular complexity index is 1110. The summed E-state index contributed by atoms with van der Waals surface area (Å²) in [6, 6.07) is 8.69. The first-order valence-corrected chi connectivity index (χ1v) is 10.3. The smallest absolute Gasteiger partial charge is 0.357 e. The van der Waals surface area contributed by atoms with Gasteiger partial charge in [-0.05, 0) is 49.4 Å². The van der Waals surface area contributed by atoms with Crippen LogP contribution in [0.4, 0.5) is 0 Å². The molecule has 1 fully saturated rings. The topological polar surface area (TPSA) is 87.2 Å². The number of rotatable bonds is 2. The predicted octanol–water partition coefficient (Wildman–Crippen LogP) is 2.30. The molecule has 8 heteroatoms. The van der Waals surface area contributed by atoms with Crippen molar-refractivity contribution in [2.24, 2.45) is 0 Å². The minimum absolute atomic E-state index is 0.0574. The summed E-state index contributed by atoms with van der Waals surface area (Å²) in [4.78, 5) is 32.0. The molecule has 0 N–H and O–H groups in total. The minimum atomic E-state index is -0.695. The fraction of sp³-hybridized carbons (Fsp3) is 0.348. The van der Waals surface area contributed by atoms with Crippen molar-refractivity contribution in [3.63, 3.8) is 0 Å². The van der Waals surface area contributed by atoms with Crippen LogP contribution in [0.5, 0.6) is 11.5 Å². The van der Waals surface area contributed by atoms with Gasteiger partial charge in [-0.1, -0.05) is 11.6 Å². The molecule has 0 radical (unpaired) electrons. The van der Waals surface area contributed by atoms with Gasteiger partial charge in [-0.15, -0.1) is 0 Å². The third kappa shape index (κ3) is 2.82. The first-order chi connectivity index (χ1) is 15.1. The molecular weight excluding hydrogens is 400 g/mol. The molecule has 4 heterocycles. The Labute approximate surface area is 178 Å². The van der Waals surface area contributed by atoms with Gasteiger partial charge in [-0.2, -0.15) is 0 Å². The van der Waals surface area contributed by atoms with E-state index >= 15 is 0 Å². The second-order valence-electron chi connectivity index (χ2n) is 8.19. The number of fused-ring (bicyclic) bond motifs is 6. The van der Waals surface area contributed by atoms with Crippen molar-refractivity contribution in [2.45, 2.75) is 30.6 Å². The Kier molecular flexibility index (Phi) is 4.04. The fourth-order valence-corrected chi connectivity index (χ4v) is 5.11. The number of benzene rings is 1. The van der Waals surface area contributed by atoms with Crippen LogP contribution < -0.4 is 9.47 Å². The lowest BCUT2D eigenvalue weighted by Gasteiger charge is -2.44. The molecule has 0 spiro atoms. The van der Waals surface area contributed by atoms with E-state index in [4.69, 9.17) is 18.9 Å². The standard InChI is InChI=1S/C23H20N2O6/c1-25-7-5-12-8-18(30-23(27)15-4-2-3-6-24-15)21-19(20(12)25)13-9-16-17(29-11-28-16)10-14(13)22(26)31-21/h2-4,6,8-10,18-21H,5,7,11H2,1H3/t18-,19-,20+,21+/m0/s1. The zero-order valence-corrected chi connectivity index (χ0v) is 16.8. The molecule has 0 saturated carbocycles. The highest BCUT2D eigenvalue weighted by atomic mass is 16.7. The maximum absolute atomic E-state index is 12.9. The van der Waals surface area contributed by atoms with Gasteiger partial charge in [-0.3, -0.25) is 4.90 Å². The highest BCUT2D eigenvalue weighted by Gasteiger charge is 2.52. The molecule has 1 aliphatic carbocycles. The van der Waals surface area contributed by atoms with Crippen LogP contribution in [0, 0.1) is 0 Å². The van der Waals surface area contributed by atoms with E-state index in [0.717, 1.165) is 18.5 Å². The predicted molar refractivity (Wildman–Crippen MR) is 107 cm³/mol. The minimum Gasteiger partial charge on any atom is -0.454 e. The molecule has 4 atom stereocenters. The van der Waals surface area contributed by atoms with Gasteiger partial charge in [0.15, 0.2) is 23.7 Å². The maximum atomic E-state index is 12.9. The van der Waals surface area contributed by atoms with E-state index in [0.29, 0.717) is 17.1 Å². The van der Waals surface area contributed by atoms with Crippen molar-refractivity contribution in [3.05, 3.63) is 65.0 Å². The van der Waals surface area contributed by atoms with Crippen LogP contribution in [0.3, 0.4) is 0 Å². The number of hydrogen-bond acceptors (Lipinski definition) is 8.